The zero-order valence-corrected chi connectivity index (χ0v) is 11.7. The first kappa shape index (κ1) is 15.8. The van der Waals surface area contributed by atoms with Gasteiger partial charge in [0, 0.05) is 18.0 Å². The van der Waals surface area contributed by atoms with Crippen molar-refractivity contribution in [3.8, 4) is 0 Å². The molecule has 0 radical (unpaired) electrons. The zero-order valence-electron chi connectivity index (χ0n) is 10.9. The lowest BCUT2D eigenvalue weighted by Crippen LogP contribution is -2.43. The normalized spacial score (nSPS) is 11.5. The molecule has 0 spiro atoms. The van der Waals surface area contributed by atoms with E-state index < -0.39 is 24.0 Å². The van der Waals surface area contributed by atoms with E-state index in [0.717, 1.165) is 11.5 Å². The van der Waals surface area contributed by atoms with Gasteiger partial charge < -0.3 is 15.2 Å². The van der Waals surface area contributed by atoms with Crippen LogP contribution < -0.4 is 10.6 Å². The Morgan fingerprint density at radius 3 is 2.65 bits per heavy atom. The summed E-state index contributed by atoms with van der Waals surface area (Å²) in [5.74, 6) is -1.28. The maximum absolute atomic E-state index is 11.6. The van der Waals surface area contributed by atoms with Gasteiger partial charge in [-0.15, -0.1) is 0 Å². The molecule has 0 saturated heterocycles. The van der Waals surface area contributed by atoms with Gasteiger partial charge in [-0.3, -0.25) is 10.1 Å². The van der Waals surface area contributed by atoms with Crippen LogP contribution in [-0.4, -0.2) is 45.6 Å². The molecule has 20 heavy (non-hydrogen) atoms. The number of aromatic nitrogens is 2. The van der Waals surface area contributed by atoms with Crippen LogP contribution >= 0.6 is 11.5 Å². The number of ether oxygens (including phenoxy) is 1. The molecule has 0 unspecified atom stereocenters. The maximum atomic E-state index is 11.6. The van der Waals surface area contributed by atoms with Crippen LogP contribution in [0.25, 0.3) is 0 Å². The predicted octanol–water partition coefficient (Wildman–Crippen LogP) is 0.374. The van der Waals surface area contributed by atoms with Crippen LogP contribution in [0.5, 0.6) is 0 Å². The molecule has 0 bridgehead atoms. The second kappa shape index (κ2) is 7.38. The number of hydrogen-bond acceptors (Lipinski definition) is 7. The topological polar surface area (TPSA) is 131 Å². The number of hydrogen-bond donors (Lipinski definition) is 3. The number of urea groups is 1. The number of aliphatic carboxylic acids is 1. The van der Waals surface area contributed by atoms with Crippen molar-refractivity contribution in [3.05, 3.63) is 5.82 Å². The van der Waals surface area contributed by atoms with Gasteiger partial charge in [-0.25, -0.2) is 14.6 Å². The van der Waals surface area contributed by atoms with Crippen molar-refractivity contribution in [2.24, 2.45) is 0 Å². The van der Waals surface area contributed by atoms with E-state index >= 15 is 0 Å². The van der Waals surface area contributed by atoms with Crippen LogP contribution in [0.15, 0.2) is 0 Å². The van der Waals surface area contributed by atoms with E-state index in [-0.39, 0.29) is 18.0 Å². The summed E-state index contributed by atoms with van der Waals surface area (Å²) in [5.41, 5.74) is 0. The van der Waals surface area contributed by atoms with Crippen molar-refractivity contribution >= 4 is 34.6 Å². The van der Waals surface area contributed by atoms with Crippen molar-refractivity contribution in [1.82, 2.24) is 14.7 Å². The largest absolute Gasteiger partial charge is 0.480 e. The number of carbonyl (C=O) groups is 3. The molecule has 110 valence electrons. The Labute approximate surface area is 118 Å². The highest BCUT2D eigenvalue weighted by Crippen LogP contribution is 2.09. The highest BCUT2D eigenvalue weighted by atomic mass is 32.1. The first-order valence-corrected chi connectivity index (χ1v) is 6.37. The number of rotatable bonds is 6. The Morgan fingerprint density at radius 2 is 2.15 bits per heavy atom. The van der Waals surface area contributed by atoms with E-state index in [1.165, 1.54) is 7.11 Å². The Balaban J connectivity index is 2.50. The van der Waals surface area contributed by atoms with Crippen molar-refractivity contribution in [2.75, 3.05) is 12.4 Å². The molecule has 1 heterocycles. The first-order chi connectivity index (χ1) is 9.42. The molecule has 0 saturated carbocycles. The summed E-state index contributed by atoms with van der Waals surface area (Å²) in [6, 6.07) is -1.92. The van der Waals surface area contributed by atoms with E-state index in [0.29, 0.717) is 5.82 Å². The Kier molecular flexibility index (Phi) is 5.84. The second-order valence-corrected chi connectivity index (χ2v) is 4.50. The van der Waals surface area contributed by atoms with Gasteiger partial charge in [0.1, 0.15) is 11.9 Å². The van der Waals surface area contributed by atoms with E-state index in [9.17, 15) is 14.4 Å². The lowest BCUT2D eigenvalue weighted by Gasteiger charge is -2.13. The second-order valence-electron chi connectivity index (χ2n) is 3.75. The van der Waals surface area contributed by atoms with Crippen molar-refractivity contribution < 1.29 is 24.2 Å². The zero-order chi connectivity index (χ0) is 15.1. The van der Waals surface area contributed by atoms with Crippen LogP contribution in [0.1, 0.15) is 18.7 Å². The summed E-state index contributed by atoms with van der Waals surface area (Å²) >= 11 is 0.981. The van der Waals surface area contributed by atoms with Crippen LogP contribution in [0.3, 0.4) is 0 Å². The van der Waals surface area contributed by atoms with Gasteiger partial charge >= 0.3 is 18.0 Å². The van der Waals surface area contributed by atoms with Crippen LogP contribution in [0, 0.1) is 6.92 Å². The third-order valence-electron chi connectivity index (χ3n) is 2.22. The van der Waals surface area contributed by atoms with Crippen LogP contribution in [-0.2, 0) is 14.3 Å². The van der Waals surface area contributed by atoms with Gasteiger partial charge in [-0.2, -0.15) is 4.37 Å². The number of anilines is 1. The Bertz CT molecular complexity index is 504. The van der Waals surface area contributed by atoms with E-state index in [2.05, 4.69) is 24.7 Å². The summed E-state index contributed by atoms with van der Waals surface area (Å²) < 4.78 is 8.27. The number of nitrogens with zero attached hydrogens (tertiary/aromatic N) is 2. The highest BCUT2D eigenvalue weighted by Gasteiger charge is 2.21. The molecule has 9 nitrogen and oxygen atoms in total. The van der Waals surface area contributed by atoms with E-state index in [4.69, 9.17) is 5.11 Å². The minimum Gasteiger partial charge on any atom is -0.480 e. The number of esters is 1. The fourth-order valence-corrected chi connectivity index (χ4v) is 1.83. The summed E-state index contributed by atoms with van der Waals surface area (Å²) in [4.78, 5) is 37.4. The molecule has 0 aliphatic rings. The molecule has 1 atom stereocenters. The number of amides is 2. The van der Waals surface area contributed by atoms with Gasteiger partial charge in [0.2, 0.25) is 5.13 Å². The van der Waals surface area contributed by atoms with E-state index in [1.807, 2.05) is 0 Å². The van der Waals surface area contributed by atoms with Crippen molar-refractivity contribution in [3.63, 3.8) is 0 Å². The van der Waals surface area contributed by atoms with Gasteiger partial charge in [-0.1, -0.05) is 0 Å². The SMILES string of the molecule is COC(=O)CC[C@@H](NC(=O)Nc1nc(C)ns1)C(=O)O. The average molecular weight is 302 g/mol. The minimum absolute atomic E-state index is 0.0649. The number of carboxylic acids is 1. The predicted molar refractivity (Wildman–Crippen MR) is 69.5 cm³/mol. The number of methoxy groups -OCH3 is 1. The molecule has 1 aromatic heterocycles. The lowest BCUT2D eigenvalue weighted by atomic mass is 10.1. The summed E-state index contributed by atoms with van der Waals surface area (Å²) in [5, 5.41) is 13.8. The molecule has 0 aliphatic heterocycles. The van der Waals surface area contributed by atoms with Gasteiger partial charge in [-0.05, 0) is 13.3 Å². The molecule has 10 heteroatoms. The van der Waals surface area contributed by atoms with Crippen LogP contribution in [0.4, 0.5) is 9.93 Å². The number of carbonyl (C=O) groups excluding carboxylic acids is 2. The van der Waals surface area contributed by atoms with Crippen molar-refractivity contribution in [2.45, 2.75) is 25.8 Å². The molecule has 2 amide bonds. The third kappa shape index (κ3) is 5.18. The van der Waals surface area contributed by atoms with Gasteiger partial charge in [0.05, 0.1) is 7.11 Å². The smallest absolute Gasteiger partial charge is 0.326 e. The quantitative estimate of drug-likeness (QED) is 0.647. The van der Waals surface area contributed by atoms with Gasteiger partial charge in [0.15, 0.2) is 0 Å². The fourth-order valence-electron chi connectivity index (χ4n) is 1.26. The monoisotopic (exact) mass is 302 g/mol. The van der Waals surface area contributed by atoms with Crippen LogP contribution in [0.2, 0.25) is 0 Å². The molecule has 0 fully saturated rings. The third-order valence-corrected chi connectivity index (χ3v) is 2.94. The molecule has 0 aliphatic carbocycles. The molecule has 0 aromatic carbocycles. The summed E-state index contributed by atoms with van der Waals surface area (Å²) in [7, 11) is 1.20. The summed E-state index contributed by atoms with van der Waals surface area (Å²) in [6.07, 6.45) is -0.170. The van der Waals surface area contributed by atoms with Crippen molar-refractivity contribution in [1.29, 1.82) is 0 Å². The molecule has 1 aromatic rings. The average Bonchev–Trinajstić information content (AvgIpc) is 2.78. The van der Waals surface area contributed by atoms with Gasteiger partial charge in [0.25, 0.3) is 0 Å². The molecule has 3 N–H and O–H groups in total. The summed E-state index contributed by atoms with van der Waals surface area (Å²) in [6.45, 7) is 1.66. The minimum atomic E-state index is -1.24. The highest BCUT2D eigenvalue weighted by molar-refractivity contribution is 7.09. The molecule has 1 rings (SSSR count). The molecular formula is C10H14N4O5S. The fraction of sp³-hybridized carbons (Fsp3) is 0.500. The molecular weight excluding hydrogens is 288 g/mol. The Hall–Kier alpha value is -2.23. The number of aryl methyl sites for hydroxylation is 1. The number of carboxylic acid groups (broad SMARTS) is 1. The lowest BCUT2D eigenvalue weighted by molar-refractivity contribution is -0.142. The van der Waals surface area contributed by atoms with E-state index in [1.54, 1.807) is 6.92 Å². The standard InChI is InChI=1S/C10H14N4O5S/c1-5-11-10(20-14-5)13-9(18)12-6(8(16)17)3-4-7(15)19-2/h6H,3-4H2,1-2H3,(H,16,17)(H2,11,12,13,14,18)/t6-/m1/s1. The number of nitrogens with one attached hydrogen (secondary N) is 2. The Morgan fingerprint density at radius 1 is 1.45 bits per heavy atom. The first-order valence-electron chi connectivity index (χ1n) is 5.60. The maximum Gasteiger partial charge on any atom is 0.326 e.